The second-order valence-electron chi connectivity index (χ2n) is 14.1. The maximum Gasteiger partial charge on any atom is 0.309 e. The molecule has 0 aromatic rings. The Morgan fingerprint density at radius 2 is 1.64 bits per heavy atom. The van der Waals surface area contributed by atoms with Gasteiger partial charge in [0.05, 0.1) is 18.6 Å². The molecule has 0 radical (unpaired) electrons. The fraction of sp³-hybridized carbons (Fsp3) is 0.781. The number of ketones is 4. The molecule has 0 aliphatic heterocycles. The molecular weight excluding hydrogens is 496 g/mol. The van der Waals surface area contributed by atoms with Gasteiger partial charge in [0.25, 0.3) is 0 Å². The molecule has 2 saturated carbocycles. The predicted octanol–water partition coefficient (Wildman–Crippen LogP) is 4.82. The number of hydrogen-bond donors (Lipinski definition) is 1. The van der Waals surface area contributed by atoms with Crippen molar-refractivity contribution in [3.63, 3.8) is 0 Å². The van der Waals surface area contributed by atoms with Gasteiger partial charge in [-0.25, -0.2) is 0 Å². The molecule has 4 rings (SSSR count). The first-order chi connectivity index (χ1) is 18.0. The third-order valence-corrected chi connectivity index (χ3v) is 11.7. The quantitative estimate of drug-likeness (QED) is 0.459. The molecule has 216 valence electrons. The summed E-state index contributed by atoms with van der Waals surface area (Å²) in [7, 11) is 0. The van der Waals surface area contributed by atoms with Crippen LogP contribution in [0.2, 0.25) is 0 Å². The van der Waals surface area contributed by atoms with Crippen LogP contribution >= 0.6 is 0 Å². The van der Waals surface area contributed by atoms with E-state index in [1.165, 1.54) is 0 Å². The van der Waals surface area contributed by atoms with Crippen LogP contribution in [0.3, 0.4) is 0 Å². The van der Waals surface area contributed by atoms with E-state index < -0.39 is 33.7 Å². The third kappa shape index (κ3) is 4.20. The van der Waals surface area contributed by atoms with Gasteiger partial charge < -0.3 is 9.84 Å². The Morgan fingerprint density at radius 3 is 2.26 bits per heavy atom. The van der Waals surface area contributed by atoms with Gasteiger partial charge in [0, 0.05) is 59.5 Å². The van der Waals surface area contributed by atoms with Crippen molar-refractivity contribution >= 4 is 29.1 Å². The van der Waals surface area contributed by atoms with Crippen LogP contribution in [0.15, 0.2) is 11.1 Å². The van der Waals surface area contributed by atoms with Crippen LogP contribution in [0.4, 0.5) is 0 Å². The third-order valence-electron chi connectivity index (χ3n) is 11.7. The van der Waals surface area contributed by atoms with E-state index in [1.54, 1.807) is 13.8 Å². The Morgan fingerprint density at radius 1 is 1.00 bits per heavy atom. The highest BCUT2D eigenvalue weighted by Gasteiger charge is 2.70. The van der Waals surface area contributed by atoms with E-state index in [4.69, 9.17) is 4.74 Å². The summed E-state index contributed by atoms with van der Waals surface area (Å²) in [5.74, 6) is -1.54. The fourth-order valence-electron chi connectivity index (χ4n) is 9.20. The predicted molar refractivity (Wildman–Crippen MR) is 145 cm³/mol. The molecule has 2 unspecified atom stereocenters. The van der Waals surface area contributed by atoms with Crippen LogP contribution in [0.1, 0.15) is 100 Å². The SMILES string of the molecule is CCOC(=O)C(C)CC(=O)C[C@@H](C)[C@H]1C[C@H](O)[C@@]2(C)C3=C(C(=O)C[C@]12C)[C@@]1(C)CCC(=O)C(C)(C)C1CC3=O. The molecule has 0 aromatic carbocycles. The molecular formula is C32H46O7. The van der Waals surface area contributed by atoms with Gasteiger partial charge in [-0.05, 0) is 42.9 Å². The Balaban J connectivity index is 1.68. The van der Waals surface area contributed by atoms with Crippen molar-refractivity contribution in [1.29, 1.82) is 0 Å². The molecule has 0 saturated heterocycles. The van der Waals surface area contributed by atoms with Gasteiger partial charge >= 0.3 is 5.97 Å². The smallest absolute Gasteiger partial charge is 0.309 e. The maximum atomic E-state index is 14.1. The van der Waals surface area contributed by atoms with E-state index in [1.807, 2.05) is 41.5 Å². The summed E-state index contributed by atoms with van der Waals surface area (Å²) in [4.78, 5) is 65.9. The molecule has 0 amide bonds. The van der Waals surface area contributed by atoms with Gasteiger partial charge in [0.2, 0.25) is 0 Å². The lowest BCUT2D eigenvalue weighted by Gasteiger charge is -2.59. The molecule has 7 nitrogen and oxygen atoms in total. The zero-order chi connectivity index (χ0) is 29.3. The van der Waals surface area contributed by atoms with Crippen LogP contribution in [-0.4, -0.2) is 46.9 Å². The first-order valence-corrected chi connectivity index (χ1v) is 14.7. The largest absolute Gasteiger partial charge is 0.466 e. The molecule has 8 atom stereocenters. The molecule has 39 heavy (non-hydrogen) atoms. The van der Waals surface area contributed by atoms with Gasteiger partial charge in [-0.15, -0.1) is 0 Å². The van der Waals surface area contributed by atoms with Crippen LogP contribution in [0, 0.1) is 45.3 Å². The van der Waals surface area contributed by atoms with E-state index in [0.717, 1.165) is 0 Å². The highest BCUT2D eigenvalue weighted by atomic mass is 16.5. The fourth-order valence-corrected chi connectivity index (χ4v) is 9.20. The van der Waals surface area contributed by atoms with Crippen molar-refractivity contribution in [2.24, 2.45) is 45.3 Å². The first-order valence-electron chi connectivity index (χ1n) is 14.7. The van der Waals surface area contributed by atoms with Crippen molar-refractivity contribution in [1.82, 2.24) is 0 Å². The van der Waals surface area contributed by atoms with Gasteiger partial charge in [-0.1, -0.05) is 48.5 Å². The van der Waals surface area contributed by atoms with E-state index in [2.05, 4.69) is 0 Å². The zero-order valence-corrected chi connectivity index (χ0v) is 24.9. The molecule has 0 spiro atoms. The van der Waals surface area contributed by atoms with E-state index in [9.17, 15) is 29.1 Å². The summed E-state index contributed by atoms with van der Waals surface area (Å²) < 4.78 is 5.04. The molecule has 4 aliphatic carbocycles. The van der Waals surface area contributed by atoms with Crippen molar-refractivity contribution < 1.29 is 33.8 Å². The summed E-state index contributed by atoms with van der Waals surface area (Å²) in [5.41, 5.74) is -1.88. The Labute approximate surface area is 232 Å². The Hall–Kier alpha value is -2.15. The summed E-state index contributed by atoms with van der Waals surface area (Å²) >= 11 is 0. The lowest BCUT2D eigenvalue weighted by molar-refractivity contribution is -0.149. The summed E-state index contributed by atoms with van der Waals surface area (Å²) in [6.45, 7) is 15.5. The lowest BCUT2D eigenvalue weighted by atomic mass is 9.42. The number of aliphatic hydroxyl groups is 1. The van der Waals surface area contributed by atoms with E-state index >= 15 is 0 Å². The number of allylic oxidation sites excluding steroid dienone is 1. The van der Waals surface area contributed by atoms with Crippen molar-refractivity contribution in [3.8, 4) is 0 Å². The Kier molecular flexibility index (Phi) is 7.45. The van der Waals surface area contributed by atoms with Crippen molar-refractivity contribution in [2.45, 2.75) is 106 Å². The average Bonchev–Trinajstić information content (AvgIpc) is 3.04. The van der Waals surface area contributed by atoms with Crippen molar-refractivity contribution in [3.05, 3.63) is 11.1 Å². The number of carbonyl (C=O) groups is 5. The minimum absolute atomic E-state index is 0.0463. The number of hydrogen-bond acceptors (Lipinski definition) is 7. The first kappa shape index (κ1) is 29.8. The number of carbonyl (C=O) groups excluding carboxylic acids is 5. The van der Waals surface area contributed by atoms with Crippen LogP contribution in [0.25, 0.3) is 0 Å². The minimum atomic E-state index is -0.924. The minimum Gasteiger partial charge on any atom is -0.466 e. The van der Waals surface area contributed by atoms with Gasteiger partial charge in [0.15, 0.2) is 11.6 Å². The second-order valence-corrected chi connectivity index (χ2v) is 14.1. The summed E-state index contributed by atoms with van der Waals surface area (Å²) in [6, 6.07) is 0. The topological polar surface area (TPSA) is 115 Å². The molecule has 1 N–H and O–H groups in total. The molecule has 0 bridgehead atoms. The molecule has 4 aliphatic rings. The van der Waals surface area contributed by atoms with Gasteiger partial charge in [0.1, 0.15) is 11.6 Å². The normalized spacial score (nSPS) is 39.0. The monoisotopic (exact) mass is 542 g/mol. The summed E-state index contributed by atoms with van der Waals surface area (Å²) in [5, 5.41) is 11.6. The molecule has 0 aromatic heterocycles. The molecule has 2 fully saturated rings. The zero-order valence-electron chi connectivity index (χ0n) is 24.9. The highest BCUT2D eigenvalue weighted by molar-refractivity contribution is 6.12. The van der Waals surface area contributed by atoms with E-state index in [0.29, 0.717) is 30.4 Å². The van der Waals surface area contributed by atoms with Gasteiger partial charge in [-0.2, -0.15) is 0 Å². The number of fused-ring (bicyclic) bond motifs is 4. The maximum absolute atomic E-state index is 14.1. The molecule has 7 heteroatoms. The van der Waals surface area contributed by atoms with Crippen LogP contribution in [-0.2, 0) is 28.7 Å². The van der Waals surface area contributed by atoms with Crippen LogP contribution in [0.5, 0.6) is 0 Å². The lowest BCUT2D eigenvalue weighted by Crippen LogP contribution is -2.59. The average molecular weight is 543 g/mol. The molecule has 0 heterocycles. The standard InChI is InChI=1S/C32H46O7/c1-9-39-28(38)18(3)13-19(33)12-17(2)20-14-25(37)32(8)27-21(34)15-23-29(4,5)24(36)10-11-30(23,6)26(27)22(35)16-31(20,32)7/h17-18,20,23,25,37H,9-16H2,1-8H3/t17-,18?,20-,23?,25+,30+,31-,32+/m1/s1. The summed E-state index contributed by atoms with van der Waals surface area (Å²) in [6.07, 6.45) is 1.20. The number of Topliss-reactive ketones (excluding diaryl/α,β-unsaturated/α-hetero) is 4. The number of esters is 1. The number of rotatable bonds is 7. The van der Waals surface area contributed by atoms with Crippen molar-refractivity contribution in [2.75, 3.05) is 6.61 Å². The van der Waals surface area contributed by atoms with E-state index in [-0.39, 0.29) is 79.1 Å². The number of ether oxygens (including phenoxy) is 1. The second kappa shape index (κ2) is 9.74. The van der Waals surface area contributed by atoms with Crippen LogP contribution < -0.4 is 0 Å². The highest BCUT2D eigenvalue weighted by Crippen LogP contribution is 2.70. The van der Waals surface area contributed by atoms with Gasteiger partial charge in [-0.3, -0.25) is 24.0 Å². The number of aliphatic hydroxyl groups excluding tert-OH is 1. The Bertz CT molecular complexity index is 1150.